The van der Waals surface area contributed by atoms with E-state index in [1.54, 1.807) is 6.92 Å². The highest BCUT2D eigenvalue weighted by atomic mass is 35.5. The standard InChI is InChI=1S/C16H19Cl2N5O3S/c1-10-7-13(12(18)8-11(10)17)27(24,25)19-9-14-20-15(22-16(21-14)26-2)23-5-3-4-6-23/h7-8,19H,3-6,9H2,1-2H3. The van der Waals surface area contributed by atoms with Gasteiger partial charge in [-0.05, 0) is 37.5 Å². The number of hydrogen-bond acceptors (Lipinski definition) is 7. The van der Waals surface area contributed by atoms with Crippen LogP contribution < -0.4 is 14.4 Å². The number of halogens is 2. The molecule has 146 valence electrons. The number of ether oxygens (including phenoxy) is 1. The molecule has 0 radical (unpaired) electrons. The predicted octanol–water partition coefficient (Wildman–Crippen LogP) is 2.57. The van der Waals surface area contributed by atoms with Gasteiger partial charge >= 0.3 is 6.01 Å². The molecule has 0 unspecified atom stereocenters. The minimum absolute atomic E-state index is 0.0454. The Morgan fingerprint density at radius 2 is 1.85 bits per heavy atom. The van der Waals surface area contributed by atoms with Crippen LogP contribution in [0.15, 0.2) is 17.0 Å². The molecule has 0 atom stereocenters. The second kappa shape index (κ2) is 8.14. The van der Waals surface area contributed by atoms with E-state index >= 15 is 0 Å². The molecule has 0 saturated carbocycles. The molecule has 2 aromatic rings. The van der Waals surface area contributed by atoms with Gasteiger partial charge in [0.15, 0.2) is 5.82 Å². The molecule has 8 nitrogen and oxygen atoms in total. The van der Waals surface area contributed by atoms with Gasteiger partial charge in [-0.1, -0.05) is 23.2 Å². The average Bonchev–Trinajstić information content (AvgIpc) is 3.17. The molecule has 0 amide bonds. The molecule has 1 aliphatic rings. The van der Waals surface area contributed by atoms with Crippen molar-refractivity contribution in [3.05, 3.63) is 33.6 Å². The minimum atomic E-state index is -3.88. The molecule has 27 heavy (non-hydrogen) atoms. The van der Waals surface area contributed by atoms with Crippen LogP contribution >= 0.6 is 23.2 Å². The highest BCUT2D eigenvalue weighted by Crippen LogP contribution is 2.28. The fraction of sp³-hybridized carbons (Fsp3) is 0.438. The highest BCUT2D eigenvalue weighted by molar-refractivity contribution is 7.89. The number of benzene rings is 1. The van der Waals surface area contributed by atoms with Crippen molar-refractivity contribution < 1.29 is 13.2 Å². The summed E-state index contributed by atoms with van der Waals surface area (Å²) in [6.07, 6.45) is 2.12. The fourth-order valence-electron chi connectivity index (χ4n) is 2.69. The molecule has 0 aliphatic carbocycles. The second-order valence-electron chi connectivity index (χ2n) is 6.09. The fourth-order valence-corrected chi connectivity index (χ4v) is 4.50. The first-order chi connectivity index (χ1) is 12.8. The molecular formula is C16H19Cl2N5O3S. The number of hydrogen-bond donors (Lipinski definition) is 1. The molecule has 11 heteroatoms. The molecule has 3 rings (SSSR count). The van der Waals surface area contributed by atoms with Crippen molar-refractivity contribution in [1.29, 1.82) is 0 Å². The molecule has 1 N–H and O–H groups in total. The predicted molar refractivity (Wildman–Crippen MR) is 103 cm³/mol. The first-order valence-corrected chi connectivity index (χ1v) is 10.5. The number of methoxy groups -OCH3 is 1. The van der Waals surface area contributed by atoms with Crippen LogP contribution in [0.25, 0.3) is 0 Å². The third kappa shape index (κ3) is 4.60. The van der Waals surface area contributed by atoms with Crippen LogP contribution in [0.2, 0.25) is 10.0 Å². The monoisotopic (exact) mass is 431 g/mol. The first kappa shape index (κ1) is 20.1. The zero-order chi connectivity index (χ0) is 19.6. The van der Waals surface area contributed by atoms with Crippen molar-refractivity contribution >= 4 is 39.2 Å². The van der Waals surface area contributed by atoms with Gasteiger partial charge in [0.05, 0.1) is 18.7 Å². The lowest BCUT2D eigenvalue weighted by Gasteiger charge is -2.16. The van der Waals surface area contributed by atoms with Gasteiger partial charge in [-0.15, -0.1) is 0 Å². The number of sulfonamides is 1. The number of rotatable bonds is 6. The van der Waals surface area contributed by atoms with Crippen LogP contribution in [0.3, 0.4) is 0 Å². The van der Waals surface area contributed by atoms with Crippen LogP contribution in [-0.4, -0.2) is 43.6 Å². The number of aryl methyl sites for hydroxylation is 1. The molecule has 1 fully saturated rings. The van der Waals surface area contributed by atoms with Crippen LogP contribution in [0.1, 0.15) is 24.2 Å². The van der Waals surface area contributed by atoms with Gasteiger partial charge in [0, 0.05) is 18.1 Å². The van der Waals surface area contributed by atoms with E-state index in [1.165, 1.54) is 19.2 Å². The Morgan fingerprint density at radius 3 is 2.52 bits per heavy atom. The van der Waals surface area contributed by atoms with Crippen molar-refractivity contribution in [2.75, 3.05) is 25.1 Å². The summed E-state index contributed by atoms with van der Waals surface area (Å²) in [6, 6.07) is 2.97. The van der Waals surface area contributed by atoms with E-state index in [1.807, 2.05) is 4.90 Å². The molecule has 0 spiro atoms. The number of nitrogens with zero attached hydrogens (tertiary/aromatic N) is 4. The van der Waals surface area contributed by atoms with Gasteiger partial charge in [0.2, 0.25) is 16.0 Å². The lowest BCUT2D eigenvalue weighted by molar-refractivity contribution is 0.375. The zero-order valence-electron chi connectivity index (χ0n) is 14.9. The van der Waals surface area contributed by atoms with Gasteiger partial charge in [0.1, 0.15) is 4.90 Å². The minimum Gasteiger partial charge on any atom is -0.467 e. The van der Waals surface area contributed by atoms with Gasteiger partial charge < -0.3 is 9.64 Å². The van der Waals surface area contributed by atoms with E-state index in [4.69, 9.17) is 27.9 Å². The maximum Gasteiger partial charge on any atom is 0.321 e. The summed E-state index contributed by atoms with van der Waals surface area (Å²) in [5.74, 6) is 0.739. The summed E-state index contributed by atoms with van der Waals surface area (Å²) in [6.45, 7) is 3.27. The smallest absolute Gasteiger partial charge is 0.321 e. The summed E-state index contributed by atoms with van der Waals surface area (Å²) in [5.41, 5.74) is 0.611. The van der Waals surface area contributed by atoms with Crippen LogP contribution in [0.4, 0.5) is 5.95 Å². The molecule has 0 bridgehead atoms. The number of nitrogens with one attached hydrogen (secondary N) is 1. The SMILES string of the molecule is COc1nc(CNS(=O)(=O)c2cc(C)c(Cl)cc2Cl)nc(N2CCCC2)n1. The maximum atomic E-state index is 12.6. The Balaban J connectivity index is 1.83. The van der Waals surface area contributed by atoms with Crippen molar-refractivity contribution in [2.45, 2.75) is 31.2 Å². The Hall–Kier alpha value is -1.68. The summed E-state index contributed by atoms with van der Waals surface area (Å²) in [4.78, 5) is 14.7. The third-order valence-electron chi connectivity index (χ3n) is 4.14. The lowest BCUT2D eigenvalue weighted by atomic mass is 10.2. The van der Waals surface area contributed by atoms with Crippen molar-refractivity contribution in [1.82, 2.24) is 19.7 Å². The topological polar surface area (TPSA) is 97.3 Å². The van der Waals surface area contributed by atoms with Gasteiger partial charge in [0.25, 0.3) is 0 Å². The summed E-state index contributed by atoms with van der Waals surface area (Å²) < 4.78 is 32.9. The molecule has 1 aliphatic heterocycles. The molecule has 2 heterocycles. The number of anilines is 1. The van der Waals surface area contributed by atoms with Gasteiger partial charge in [-0.2, -0.15) is 15.0 Å². The first-order valence-electron chi connectivity index (χ1n) is 8.29. The van der Waals surface area contributed by atoms with E-state index in [2.05, 4.69) is 19.7 Å². The van der Waals surface area contributed by atoms with E-state index in [0.717, 1.165) is 25.9 Å². The Morgan fingerprint density at radius 1 is 1.15 bits per heavy atom. The van der Waals surface area contributed by atoms with Gasteiger partial charge in [-0.25, -0.2) is 13.1 Å². The quantitative estimate of drug-likeness (QED) is 0.749. The lowest BCUT2D eigenvalue weighted by Crippen LogP contribution is -2.26. The number of aromatic nitrogens is 3. The zero-order valence-corrected chi connectivity index (χ0v) is 17.2. The summed E-state index contributed by atoms with van der Waals surface area (Å²) in [5, 5.41) is 0.445. The Kier molecular flexibility index (Phi) is 6.05. The van der Waals surface area contributed by atoms with Crippen molar-refractivity contribution in [2.24, 2.45) is 0 Å². The van der Waals surface area contributed by atoms with Crippen LogP contribution in [-0.2, 0) is 16.6 Å². The summed E-state index contributed by atoms with van der Waals surface area (Å²) in [7, 11) is -2.42. The normalized spacial score (nSPS) is 14.6. The molecular weight excluding hydrogens is 413 g/mol. The van der Waals surface area contributed by atoms with Crippen molar-refractivity contribution in [3.63, 3.8) is 0 Å². The Labute approximate surface area is 167 Å². The highest BCUT2D eigenvalue weighted by Gasteiger charge is 2.21. The second-order valence-corrected chi connectivity index (χ2v) is 8.64. The van der Waals surface area contributed by atoms with E-state index in [0.29, 0.717) is 16.5 Å². The largest absolute Gasteiger partial charge is 0.467 e. The van der Waals surface area contributed by atoms with Crippen molar-refractivity contribution in [3.8, 4) is 6.01 Å². The molecule has 1 saturated heterocycles. The third-order valence-corrected chi connectivity index (χ3v) is 6.42. The average molecular weight is 432 g/mol. The Bertz CT molecular complexity index is 949. The molecule has 1 aromatic heterocycles. The van der Waals surface area contributed by atoms with Gasteiger partial charge in [-0.3, -0.25) is 0 Å². The maximum absolute atomic E-state index is 12.6. The van der Waals surface area contributed by atoms with Crippen LogP contribution in [0, 0.1) is 6.92 Å². The molecule has 1 aromatic carbocycles. The van der Waals surface area contributed by atoms with Crippen LogP contribution in [0.5, 0.6) is 6.01 Å². The van der Waals surface area contributed by atoms with E-state index in [9.17, 15) is 8.42 Å². The summed E-state index contributed by atoms with van der Waals surface area (Å²) >= 11 is 12.0. The van der Waals surface area contributed by atoms with E-state index < -0.39 is 10.0 Å². The van der Waals surface area contributed by atoms with E-state index in [-0.39, 0.29) is 28.3 Å².